The molecule has 0 saturated carbocycles. The van der Waals surface area contributed by atoms with Crippen LogP contribution in [0.5, 0.6) is 0 Å². The average Bonchev–Trinajstić information content (AvgIpc) is 2.68. The molecule has 0 aliphatic heterocycles. The van der Waals surface area contributed by atoms with Gasteiger partial charge in [0.1, 0.15) is 6.04 Å². The van der Waals surface area contributed by atoms with E-state index >= 15 is 0 Å². The summed E-state index contributed by atoms with van der Waals surface area (Å²) in [6, 6.07) is 21.1. The van der Waals surface area contributed by atoms with E-state index in [1.807, 2.05) is 60.7 Å². The van der Waals surface area contributed by atoms with Crippen molar-refractivity contribution in [2.75, 3.05) is 0 Å². The summed E-state index contributed by atoms with van der Waals surface area (Å²) >= 11 is 0. The summed E-state index contributed by atoms with van der Waals surface area (Å²) in [7, 11) is 0. The number of aromatic carboxylic acids is 1. The van der Waals surface area contributed by atoms with Gasteiger partial charge < -0.3 is 15.5 Å². The zero-order valence-corrected chi connectivity index (χ0v) is 15.3. The Balaban J connectivity index is 0.000000202. The van der Waals surface area contributed by atoms with Crippen molar-refractivity contribution in [3.05, 3.63) is 83.9 Å². The van der Waals surface area contributed by atoms with E-state index in [1.54, 1.807) is 12.1 Å². The van der Waals surface area contributed by atoms with Gasteiger partial charge in [0, 0.05) is 13.3 Å². The number of carboxylic acid groups (broad SMARTS) is 2. The van der Waals surface area contributed by atoms with Crippen LogP contribution in [0.4, 0.5) is 0 Å². The molecule has 1 unspecified atom stereocenters. The fraction of sp³-hybridized carbons (Fsp3) is 0.136. The lowest BCUT2D eigenvalue weighted by molar-refractivity contribution is -0.141. The molecule has 0 spiro atoms. The predicted molar refractivity (Wildman–Crippen MR) is 106 cm³/mol. The molecule has 3 N–H and O–H groups in total. The molecule has 3 aromatic carbocycles. The van der Waals surface area contributed by atoms with Gasteiger partial charge in [-0.3, -0.25) is 4.79 Å². The van der Waals surface area contributed by atoms with E-state index in [-0.39, 0.29) is 5.91 Å². The lowest BCUT2D eigenvalue weighted by Crippen LogP contribution is -2.41. The first-order valence-corrected chi connectivity index (χ1v) is 8.62. The van der Waals surface area contributed by atoms with Crippen LogP contribution >= 0.6 is 0 Å². The number of benzene rings is 3. The van der Waals surface area contributed by atoms with Crippen molar-refractivity contribution in [3.8, 4) is 0 Å². The van der Waals surface area contributed by atoms with Crippen molar-refractivity contribution in [1.82, 2.24) is 5.32 Å². The van der Waals surface area contributed by atoms with E-state index in [2.05, 4.69) is 5.32 Å². The quantitative estimate of drug-likeness (QED) is 0.631. The molecule has 144 valence electrons. The minimum absolute atomic E-state index is 0.301. The third-order valence-electron chi connectivity index (χ3n) is 3.95. The first-order valence-electron chi connectivity index (χ1n) is 8.62. The number of rotatable bonds is 5. The van der Waals surface area contributed by atoms with Crippen LogP contribution in [-0.2, 0) is 16.0 Å². The van der Waals surface area contributed by atoms with Gasteiger partial charge in [0.05, 0.1) is 5.56 Å². The minimum Gasteiger partial charge on any atom is -0.480 e. The van der Waals surface area contributed by atoms with Crippen LogP contribution < -0.4 is 5.32 Å². The monoisotopic (exact) mass is 379 g/mol. The van der Waals surface area contributed by atoms with E-state index in [0.29, 0.717) is 12.0 Å². The van der Waals surface area contributed by atoms with E-state index in [1.165, 1.54) is 6.92 Å². The molecule has 0 aromatic heterocycles. The number of hydrogen-bond acceptors (Lipinski definition) is 3. The molecule has 6 nitrogen and oxygen atoms in total. The molecule has 3 rings (SSSR count). The average molecular weight is 379 g/mol. The first-order chi connectivity index (χ1) is 13.4. The molecular formula is C22H21NO5. The Bertz CT molecular complexity index is 969. The van der Waals surface area contributed by atoms with E-state index in [4.69, 9.17) is 10.2 Å². The Morgan fingerprint density at radius 3 is 2.04 bits per heavy atom. The summed E-state index contributed by atoms with van der Waals surface area (Å²) in [6.07, 6.45) is 0.301. The Morgan fingerprint density at radius 1 is 0.857 bits per heavy atom. The molecule has 1 amide bonds. The van der Waals surface area contributed by atoms with Gasteiger partial charge in [0.2, 0.25) is 5.91 Å². The van der Waals surface area contributed by atoms with Crippen molar-refractivity contribution in [1.29, 1.82) is 0 Å². The molecule has 0 bridgehead atoms. The van der Waals surface area contributed by atoms with Crippen LogP contribution in [0.1, 0.15) is 22.8 Å². The molecule has 28 heavy (non-hydrogen) atoms. The van der Waals surface area contributed by atoms with Crippen LogP contribution in [-0.4, -0.2) is 34.1 Å². The van der Waals surface area contributed by atoms with Crippen LogP contribution in [0.2, 0.25) is 0 Å². The summed E-state index contributed by atoms with van der Waals surface area (Å²) in [4.78, 5) is 32.2. The highest BCUT2D eigenvalue weighted by atomic mass is 16.4. The topological polar surface area (TPSA) is 104 Å². The number of aliphatic carboxylic acids is 1. The molecular weight excluding hydrogens is 358 g/mol. The highest BCUT2D eigenvalue weighted by Gasteiger charge is 2.18. The molecule has 0 heterocycles. The summed E-state index contributed by atoms with van der Waals surface area (Å²) in [6.45, 7) is 1.31. The van der Waals surface area contributed by atoms with Gasteiger partial charge >= 0.3 is 11.9 Å². The second-order valence-electron chi connectivity index (χ2n) is 6.15. The van der Waals surface area contributed by atoms with Gasteiger partial charge in [-0.1, -0.05) is 60.7 Å². The van der Waals surface area contributed by atoms with Gasteiger partial charge in [0.15, 0.2) is 0 Å². The van der Waals surface area contributed by atoms with E-state index in [9.17, 15) is 14.4 Å². The maximum atomic E-state index is 10.8. The zero-order valence-electron chi connectivity index (χ0n) is 15.3. The highest BCUT2D eigenvalue weighted by molar-refractivity contribution is 5.94. The number of fused-ring (bicyclic) bond motifs is 1. The SMILES string of the molecule is CC(=O)NC(Cc1ccccc1)C(=O)O.O=C(O)c1ccc2ccccc2c1. The molecule has 0 aliphatic carbocycles. The van der Waals surface area contributed by atoms with Crippen LogP contribution in [0.3, 0.4) is 0 Å². The number of nitrogens with one attached hydrogen (secondary N) is 1. The molecule has 0 radical (unpaired) electrons. The number of carbonyl (C=O) groups is 3. The van der Waals surface area contributed by atoms with Gasteiger partial charge in [-0.05, 0) is 28.5 Å². The zero-order chi connectivity index (χ0) is 20.5. The first kappa shape index (κ1) is 20.6. The van der Waals surface area contributed by atoms with E-state index < -0.39 is 18.0 Å². The Labute approximate surface area is 162 Å². The maximum absolute atomic E-state index is 10.8. The van der Waals surface area contributed by atoms with Gasteiger partial charge in [-0.2, -0.15) is 0 Å². The van der Waals surface area contributed by atoms with Crippen LogP contribution in [0.25, 0.3) is 10.8 Å². The number of amides is 1. The number of hydrogen-bond donors (Lipinski definition) is 3. The smallest absolute Gasteiger partial charge is 0.335 e. The molecule has 1 atom stereocenters. The normalized spacial score (nSPS) is 11.0. The fourth-order valence-electron chi connectivity index (χ4n) is 2.62. The lowest BCUT2D eigenvalue weighted by atomic mass is 10.1. The van der Waals surface area contributed by atoms with Gasteiger partial charge in [-0.15, -0.1) is 0 Å². The second kappa shape index (κ2) is 9.87. The summed E-state index contributed by atoms with van der Waals surface area (Å²) < 4.78 is 0. The maximum Gasteiger partial charge on any atom is 0.335 e. The van der Waals surface area contributed by atoms with Crippen LogP contribution in [0.15, 0.2) is 72.8 Å². The van der Waals surface area contributed by atoms with Crippen molar-refractivity contribution in [3.63, 3.8) is 0 Å². The Morgan fingerprint density at radius 2 is 1.46 bits per heavy atom. The van der Waals surface area contributed by atoms with Crippen molar-refractivity contribution in [2.45, 2.75) is 19.4 Å². The van der Waals surface area contributed by atoms with Crippen molar-refractivity contribution in [2.24, 2.45) is 0 Å². The minimum atomic E-state index is -1.02. The largest absolute Gasteiger partial charge is 0.480 e. The third-order valence-corrected chi connectivity index (χ3v) is 3.95. The number of carboxylic acids is 2. The Kier molecular flexibility index (Phi) is 7.28. The van der Waals surface area contributed by atoms with Crippen molar-refractivity contribution >= 4 is 28.6 Å². The second-order valence-corrected chi connectivity index (χ2v) is 6.15. The van der Waals surface area contributed by atoms with Crippen LogP contribution in [0, 0.1) is 0 Å². The third kappa shape index (κ3) is 6.25. The number of carbonyl (C=O) groups excluding carboxylic acids is 1. The summed E-state index contributed by atoms with van der Waals surface area (Å²) in [5.41, 5.74) is 1.22. The van der Waals surface area contributed by atoms with E-state index in [0.717, 1.165) is 16.3 Å². The lowest BCUT2D eigenvalue weighted by Gasteiger charge is -2.12. The predicted octanol–water partition coefficient (Wildman–Crippen LogP) is 3.36. The summed E-state index contributed by atoms with van der Waals surface area (Å²) in [5.74, 6) is -2.24. The van der Waals surface area contributed by atoms with Crippen molar-refractivity contribution < 1.29 is 24.6 Å². The molecule has 0 fully saturated rings. The van der Waals surface area contributed by atoms with Gasteiger partial charge in [0.25, 0.3) is 0 Å². The molecule has 3 aromatic rings. The molecule has 0 aliphatic rings. The Hall–Kier alpha value is -3.67. The highest BCUT2D eigenvalue weighted by Crippen LogP contribution is 2.15. The molecule has 0 saturated heterocycles. The molecule has 6 heteroatoms. The summed E-state index contributed by atoms with van der Waals surface area (Å²) in [5, 5.41) is 22.0. The standard InChI is InChI=1S/C11H13NO3.C11H8O2/c1-8(13)12-10(11(14)15)7-9-5-3-2-4-6-9;12-11(13)10-6-5-8-3-1-2-4-9(8)7-10/h2-6,10H,7H2,1H3,(H,12,13)(H,14,15);1-7H,(H,12,13). The van der Waals surface area contributed by atoms with Gasteiger partial charge in [-0.25, -0.2) is 9.59 Å². The fourth-order valence-corrected chi connectivity index (χ4v) is 2.62.